The van der Waals surface area contributed by atoms with Gasteiger partial charge in [0.05, 0.1) is 13.2 Å². The Kier molecular flexibility index (Phi) is 4.85. The Labute approximate surface area is 129 Å². The number of hydrogen-bond acceptors (Lipinski definition) is 3. The number of morpholine rings is 1. The van der Waals surface area contributed by atoms with Crippen LogP contribution in [0.5, 0.6) is 0 Å². The Bertz CT molecular complexity index is 549. The largest absolute Gasteiger partial charge is 0.362 e. The number of ether oxygens (including phenoxy) is 1. The second kappa shape index (κ2) is 6.45. The summed E-state index contributed by atoms with van der Waals surface area (Å²) < 4.78 is 5.59. The van der Waals surface area contributed by atoms with Gasteiger partial charge in [0.15, 0.2) is 5.60 Å². The van der Waals surface area contributed by atoms with Crippen molar-refractivity contribution in [2.75, 3.05) is 19.7 Å². The van der Waals surface area contributed by atoms with Gasteiger partial charge in [-0.05, 0) is 18.6 Å². The summed E-state index contributed by atoms with van der Waals surface area (Å²) in [5, 5.41) is 3.43. The normalized spacial score (nSPS) is 22.0. The predicted octanol–water partition coefficient (Wildman–Crippen LogP) is 1.59. The van der Waals surface area contributed by atoms with Crippen LogP contribution in [0, 0.1) is 0 Å². The molecular weight excluding hydrogens is 292 g/mol. The van der Waals surface area contributed by atoms with E-state index in [0.717, 1.165) is 5.56 Å². The third kappa shape index (κ3) is 3.74. The summed E-state index contributed by atoms with van der Waals surface area (Å²) in [7, 11) is 0. The van der Waals surface area contributed by atoms with E-state index in [4.69, 9.17) is 16.3 Å². The van der Waals surface area contributed by atoms with E-state index in [9.17, 15) is 9.59 Å². The highest BCUT2D eigenvalue weighted by Gasteiger charge is 2.39. The second-order valence-electron chi connectivity index (χ2n) is 5.29. The molecule has 1 aliphatic heterocycles. The SMILES string of the molecule is CC(=O)N1CCOC(C)(C(=O)NCc2ccccc2Cl)C1. The van der Waals surface area contributed by atoms with Crippen LogP contribution >= 0.6 is 11.6 Å². The minimum atomic E-state index is -1.02. The summed E-state index contributed by atoms with van der Waals surface area (Å²) in [6.45, 7) is 4.66. The molecule has 0 aliphatic carbocycles. The van der Waals surface area contributed by atoms with Gasteiger partial charge in [-0.1, -0.05) is 29.8 Å². The van der Waals surface area contributed by atoms with Gasteiger partial charge >= 0.3 is 0 Å². The summed E-state index contributed by atoms with van der Waals surface area (Å²) in [6.07, 6.45) is 0. The van der Waals surface area contributed by atoms with Gasteiger partial charge in [0.2, 0.25) is 5.91 Å². The quantitative estimate of drug-likeness (QED) is 0.922. The Morgan fingerprint density at radius 3 is 2.81 bits per heavy atom. The Morgan fingerprint density at radius 1 is 1.43 bits per heavy atom. The third-order valence-electron chi connectivity index (χ3n) is 3.60. The summed E-state index contributed by atoms with van der Waals surface area (Å²) in [5.41, 5.74) is -0.180. The maximum absolute atomic E-state index is 12.4. The zero-order chi connectivity index (χ0) is 15.5. The number of rotatable bonds is 3. The number of hydrogen-bond donors (Lipinski definition) is 1. The lowest BCUT2D eigenvalue weighted by Gasteiger charge is -2.38. The first-order valence-corrected chi connectivity index (χ1v) is 7.21. The fourth-order valence-corrected chi connectivity index (χ4v) is 2.48. The van der Waals surface area contributed by atoms with Gasteiger partial charge in [-0.15, -0.1) is 0 Å². The topological polar surface area (TPSA) is 58.6 Å². The molecule has 5 nitrogen and oxygen atoms in total. The van der Waals surface area contributed by atoms with E-state index in [1.807, 2.05) is 18.2 Å². The fourth-order valence-electron chi connectivity index (χ4n) is 2.28. The predicted molar refractivity (Wildman–Crippen MR) is 79.9 cm³/mol. The first-order valence-electron chi connectivity index (χ1n) is 6.83. The monoisotopic (exact) mass is 310 g/mol. The molecule has 1 aliphatic rings. The number of benzene rings is 1. The minimum Gasteiger partial charge on any atom is -0.362 e. The molecule has 1 heterocycles. The maximum Gasteiger partial charge on any atom is 0.254 e. The van der Waals surface area contributed by atoms with Gasteiger partial charge in [0.1, 0.15) is 0 Å². The molecule has 1 saturated heterocycles. The van der Waals surface area contributed by atoms with Gasteiger partial charge in [0.25, 0.3) is 5.91 Å². The molecule has 2 rings (SSSR count). The Hall–Kier alpha value is -1.59. The van der Waals surface area contributed by atoms with Crippen LogP contribution in [-0.2, 0) is 20.9 Å². The van der Waals surface area contributed by atoms with Crippen LogP contribution in [-0.4, -0.2) is 42.0 Å². The maximum atomic E-state index is 12.4. The molecule has 0 saturated carbocycles. The second-order valence-corrected chi connectivity index (χ2v) is 5.70. The summed E-state index contributed by atoms with van der Waals surface area (Å²) >= 11 is 6.06. The average Bonchev–Trinajstić information content (AvgIpc) is 2.46. The molecule has 0 bridgehead atoms. The minimum absolute atomic E-state index is 0.0524. The summed E-state index contributed by atoms with van der Waals surface area (Å²) in [5.74, 6) is -0.295. The van der Waals surface area contributed by atoms with Gasteiger partial charge in [-0.2, -0.15) is 0 Å². The summed E-state index contributed by atoms with van der Waals surface area (Å²) in [6, 6.07) is 7.33. The van der Waals surface area contributed by atoms with Gasteiger partial charge in [0, 0.05) is 25.0 Å². The van der Waals surface area contributed by atoms with Crippen LogP contribution in [0.3, 0.4) is 0 Å². The van der Waals surface area contributed by atoms with Crippen molar-refractivity contribution in [3.63, 3.8) is 0 Å². The Morgan fingerprint density at radius 2 is 2.14 bits per heavy atom. The highest BCUT2D eigenvalue weighted by atomic mass is 35.5. The molecule has 1 unspecified atom stereocenters. The molecule has 1 aromatic rings. The van der Waals surface area contributed by atoms with E-state index < -0.39 is 5.60 Å². The van der Waals surface area contributed by atoms with Crippen LogP contribution in [0.25, 0.3) is 0 Å². The number of nitrogens with one attached hydrogen (secondary N) is 1. The number of carbonyl (C=O) groups is 2. The molecule has 2 amide bonds. The van der Waals surface area contributed by atoms with E-state index in [1.165, 1.54) is 6.92 Å². The first-order chi connectivity index (χ1) is 9.92. The van der Waals surface area contributed by atoms with E-state index in [2.05, 4.69) is 5.32 Å². The van der Waals surface area contributed by atoms with Crippen LogP contribution in [0.2, 0.25) is 5.02 Å². The van der Waals surface area contributed by atoms with Crippen molar-refractivity contribution in [2.45, 2.75) is 26.0 Å². The zero-order valence-electron chi connectivity index (χ0n) is 12.2. The van der Waals surface area contributed by atoms with Crippen molar-refractivity contribution in [1.82, 2.24) is 10.2 Å². The number of carbonyl (C=O) groups excluding carboxylic acids is 2. The lowest BCUT2D eigenvalue weighted by molar-refractivity contribution is -0.162. The van der Waals surface area contributed by atoms with Crippen LogP contribution in [0.4, 0.5) is 0 Å². The molecule has 1 aromatic carbocycles. The average molecular weight is 311 g/mol. The third-order valence-corrected chi connectivity index (χ3v) is 3.97. The molecule has 0 radical (unpaired) electrons. The lowest BCUT2D eigenvalue weighted by atomic mass is 10.0. The Balaban J connectivity index is 1.99. The molecule has 1 atom stereocenters. The smallest absolute Gasteiger partial charge is 0.254 e. The highest BCUT2D eigenvalue weighted by Crippen LogP contribution is 2.19. The standard InChI is InChI=1S/C15H19ClN2O3/c1-11(19)18-7-8-21-15(2,10-18)14(20)17-9-12-5-3-4-6-13(12)16/h3-6H,7-10H2,1-2H3,(H,17,20). The fraction of sp³-hybridized carbons (Fsp3) is 0.467. The number of halogens is 1. The first kappa shape index (κ1) is 15.8. The van der Waals surface area contributed by atoms with E-state index in [0.29, 0.717) is 24.7 Å². The van der Waals surface area contributed by atoms with E-state index in [-0.39, 0.29) is 18.4 Å². The van der Waals surface area contributed by atoms with E-state index >= 15 is 0 Å². The lowest BCUT2D eigenvalue weighted by Crippen LogP contribution is -2.58. The molecular formula is C15H19ClN2O3. The molecule has 0 aromatic heterocycles. The zero-order valence-corrected chi connectivity index (χ0v) is 12.9. The molecule has 114 valence electrons. The van der Waals surface area contributed by atoms with Crippen molar-refractivity contribution in [3.05, 3.63) is 34.9 Å². The van der Waals surface area contributed by atoms with Crippen LogP contribution < -0.4 is 5.32 Å². The molecule has 1 N–H and O–H groups in total. The van der Waals surface area contributed by atoms with Crippen molar-refractivity contribution in [1.29, 1.82) is 0 Å². The molecule has 6 heteroatoms. The van der Waals surface area contributed by atoms with Crippen molar-refractivity contribution in [3.8, 4) is 0 Å². The highest BCUT2D eigenvalue weighted by molar-refractivity contribution is 6.31. The van der Waals surface area contributed by atoms with E-state index in [1.54, 1.807) is 17.9 Å². The summed E-state index contributed by atoms with van der Waals surface area (Å²) in [4.78, 5) is 25.4. The molecule has 21 heavy (non-hydrogen) atoms. The van der Waals surface area contributed by atoms with Gasteiger partial charge in [-0.25, -0.2) is 0 Å². The van der Waals surface area contributed by atoms with Crippen molar-refractivity contribution < 1.29 is 14.3 Å². The number of amides is 2. The van der Waals surface area contributed by atoms with Crippen LogP contribution in [0.15, 0.2) is 24.3 Å². The van der Waals surface area contributed by atoms with Gasteiger partial charge < -0.3 is 15.0 Å². The van der Waals surface area contributed by atoms with Crippen LogP contribution in [0.1, 0.15) is 19.4 Å². The molecule has 0 spiro atoms. The van der Waals surface area contributed by atoms with Crippen molar-refractivity contribution in [2.24, 2.45) is 0 Å². The molecule has 1 fully saturated rings. The van der Waals surface area contributed by atoms with Gasteiger partial charge in [-0.3, -0.25) is 9.59 Å². The number of nitrogens with zero attached hydrogens (tertiary/aromatic N) is 1. The van der Waals surface area contributed by atoms with Crippen molar-refractivity contribution >= 4 is 23.4 Å².